The fourth-order valence-electron chi connectivity index (χ4n) is 1.77. The van der Waals surface area contributed by atoms with Gasteiger partial charge < -0.3 is 10.1 Å². The second kappa shape index (κ2) is 5.88. The van der Waals surface area contributed by atoms with Gasteiger partial charge in [0.25, 0.3) is 0 Å². The molecule has 1 fully saturated rings. The molecule has 0 amide bonds. The smallest absolute Gasteiger partial charge is 0.123 e. The Balaban J connectivity index is 1.82. The van der Waals surface area contributed by atoms with Crippen LogP contribution in [0, 0.1) is 24.2 Å². The lowest BCUT2D eigenvalue weighted by atomic mass is 10.1. The van der Waals surface area contributed by atoms with E-state index in [1.165, 1.54) is 12.8 Å². The van der Waals surface area contributed by atoms with Gasteiger partial charge in [-0.25, -0.2) is 0 Å². The molecule has 1 aliphatic carbocycles. The number of ether oxygens (including phenoxy) is 1. The number of nitrogens with one attached hydrogen (secondary N) is 1. The zero-order valence-electron chi connectivity index (χ0n) is 11.1. The normalized spacial score (nSPS) is 16.1. The van der Waals surface area contributed by atoms with Crippen LogP contribution in [0.2, 0.25) is 0 Å². The minimum atomic E-state index is 0.482. The molecule has 3 nitrogen and oxygen atoms in total. The number of nitriles is 1. The van der Waals surface area contributed by atoms with Gasteiger partial charge in [0.1, 0.15) is 5.75 Å². The molecule has 0 bridgehead atoms. The van der Waals surface area contributed by atoms with Gasteiger partial charge in [0.05, 0.1) is 18.2 Å². The average Bonchev–Trinajstić information content (AvgIpc) is 3.19. The summed E-state index contributed by atoms with van der Waals surface area (Å²) >= 11 is 0. The van der Waals surface area contributed by atoms with Crippen LogP contribution >= 0.6 is 0 Å². The first kappa shape index (κ1) is 12.9. The third-order valence-corrected chi connectivity index (χ3v) is 3.17. The molecular formula is C15H20N2O. The van der Waals surface area contributed by atoms with Gasteiger partial charge in [-0.15, -0.1) is 0 Å². The standard InChI is InChI=1S/C15H20N2O/c1-11(9-17-14-5-6-14)10-18-15-7-13(8-16)4-3-12(15)2/h3-4,7,11,14,17H,5-6,9-10H2,1-2H3. The van der Waals surface area contributed by atoms with Crippen molar-refractivity contribution in [3.05, 3.63) is 29.3 Å². The summed E-state index contributed by atoms with van der Waals surface area (Å²) in [7, 11) is 0. The molecule has 0 radical (unpaired) electrons. The highest BCUT2D eigenvalue weighted by molar-refractivity contribution is 5.41. The van der Waals surface area contributed by atoms with E-state index in [-0.39, 0.29) is 0 Å². The summed E-state index contributed by atoms with van der Waals surface area (Å²) < 4.78 is 5.80. The zero-order chi connectivity index (χ0) is 13.0. The van der Waals surface area contributed by atoms with Crippen LogP contribution in [0.1, 0.15) is 30.9 Å². The Labute approximate surface area is 109 Å². The van der Waals surface area contributed by atoms with E-state index in [0.717, 1.165) is 23.9 Å². The van der Waals surface area contributed by atoms with Crippen molar-refractivity contribution in [2.75, 3.05) is 13.2 Å². The van der Waals surface area contributed by atoms with Crippen molar-refractivity contribution in [1.29, 1.82) is 5.26 Å². The van der Waals surface area contributed by atoms with Gasteiger partial charge in [-0.3, -0.25) is 0 Å². The predicted octanol–water partition coefficient (Wildman–Crippen LogP) is 2.63. The van der Waals surface area contributed by atoms with E-state index in [1.807, 2.05) is 25.1 Å². The van der Waals surface area contributed by atoms with Gasteiger partial charge >= 0.3 is 0 Å². The van der Waals surface area contributed by atoms with Crippen molar-refractivity contribution in [3.63, 3.8) is 0 Å². The third-order valence-electron chi connectivity index (χ3n) is 3.17. The summed E-state index contributed by atoms with van der Waals surface area (Å²) in [4.78, 5) is 0. The highest BCUT2D eigenvalue weighted by atomic mass is 16.5. The molecule has 2 rings (SSSR count). The van der Waals surface area contributed by atoms with Crippen LogP contribution in [0.3, 0.4) is 0 Å². The van der Waals surface area contributed by atoms with E-state index in [1.54, 1.807) is 0 Å². The van der Waals surface area contributed by atoms with Crippen LogP contribution in [0.4, 0.5) is 0 Å². The highest BCUT2D eigenvalue weighted by Gasteiger charge is 2.20. The van der Waals surface area contributed by atoms with Crippen LogP contribution in [0.5, 0.6) is 5.75 Å². The molecule has 0 saturated heterocycles. The molecule has 3 heteroatoms. The van der Waals surface area contributed by atoms with Gasteiger partial charge in [-0.05, 0) is 37.5 Å². The van der Waals surface area contributed by atoms with Crippen molar-refractivity contribution in [1.82, 2.24) is 5.32 Å². The number of hydrogen-bond donors (Lipinski definition) is 1. The first-order chi connectivity index (χ1) is 8.69. The first-order valence-corrected chi connectivity index (χ1v) is 6.56. The van der Waals surface area contributed by atoms with Gasteiger partial charge in [0.15, 0.2) is 0 Å². The van der Waals surface area contributed by atoms with Gasteiger partial charge in [-0.1, -0.05) is 13.0 Å². The lowest BCUT2D eigenvalue weighted by molar-refractivity contribution is 0.254. The van der Waals surface area contributed by atoms with E-state index in [2.05, 4.69) is 18.3 Å². The molecule has 1 atom stereocenters. The van der Waals surface area contributed by atoms with Crippen molar-refractivity contribution < 1.29 is 4.74 Å². The molecule has 1 saturated carbocycles. The van der Waals surface area contributed by atoms with E-state index >= 15 is 0 Å². The lowest BCUT2D eigenvalue weighted by Gasteiger charge is -2.15. The maximum atomic E-state index is 8.87. The number of aryl methyl sites for hydroxylation is 1. The van der Waals surface area contributed by atoms with Crippen molar-refractivity contribution in [2.45, 2.75) is 32.7 Å². The summed E-state index contributed by atoms with van der Waals surface area (Å²) in [6.45, 7) is 5.87. The number of hydrogen-bond acceptors (Lipinski definition) is 3. The summed E-state index contributed by atoms with van der Waals surface area (Å²) in [5, 5.41) is 12.4. The van der Waals surface area contributed by atoms with Gasteiger partial charge in [-0.2, -0.15) is 5.26 Å². The Bertz CT molecular complexity index is 446. The minimum absolute atomic E-state index is 0.482. The molecule has 1 aliphatic rings. The highest BCUT2D eigenvalue weighted by Crippen LogP contribution is 2.21. The monoisotopic (exact) mass is 244 g/mol. The molecule has 18 heavy (non-hydrogen) atoms. The largest absolute Gasteiger partial charge is 0.493 e. The minimum Gasteiger partial charge on any atom is -0.493 e. The van der Waals surface area contributed by atoms with Crippen LogP contribution < -0.4 is 10.1 Å². The van der Waals surface area contributed by atoms with Gasteiger partial charge in [0, 0.05) is 18.5 Å². The number of nitrogens with zero attached hydrogens (tertiary/aromatic N) is 1. The van der Waals surface area contributed by atoms with Crippen LogP contribution in [-0.4, -0.2) is 19.2 Å². The molecule has 1 aromatic carbocycles. The summed E-state index contributed by atoms with van der Waals surface area (Å²) in [5.74, 6) is 1.31. The first-order valence-electron chi connectivity index (χ1n) is 6.56. The van der Waals surface area contributed by atoms with E-state index in [4.69, 9.17) is 10.00 Å². The summed E-state index contributed by atoms with van der Waals surface area (Å²) in [6.07, 6.45) is 2.63. The van der Waals surface area contributed by atoms with Crippen LogP contribution in [-0.2, 0) is 0 Å². The van der Waals surface area contributed by atoms with Crippen molar-refractivity contribution >= 4 is 0 Å². The zero-order valence-corrected chi connectivity index (χ0v) is 11.1. The maximum Gasteiger partial charge on any atom is 0.123 e. The lowest BCUT2D eigenvalue weighted by Crippen LogP contribution is -2.26. The number of rotatable bonds is 6. The molecule has 0 spiro atoms. The molecule has 0 aliphatic heterocycles. The molecule has 0 aromatic heterocycles. The van der Waals surface area contributed by atoms with Crippen molar-refractivity contribution in [3.8, 4) is 11.8 Å². The molecular weight excluding hydrogens is 224 g/mol. The van der Waals surface area contributed by atoms with Crippen LogP contribution in [0.25, 0.3) is 0 Å². The maximum absolute atomic E-state index is 8.87. The molecule has 1 unspecified atom stereocenters. The van der Waals surface area contributed by atoms with E-state index in [0.29, 0.717) is 18.1 Å². The SMILES string of the molecule is Cc1ccc(C#N)cc1OCC(C)CNC1CC1. The van der Waals surface area contributed by atoms with Crippen LogP contribution in [0.15, 0.2) is 18.2 Å². The predicted molar refractivity (Wildman–Crippen MR) is 71.6 cm³/mol. The van der Waals surface area contributed by atoms with Crippen molar-refractivity contribution in [2.24, 2.45) is 5.92 Å². The Morgan fingerprint density at radius 1 is 1.50 bits per heavy atom. The quantitative estimate of drug-likeness (QED) is 0.836. The van der Waals surface area contributed by atoms with Gasteiger partial charge in [0.2, 0.25) is 0 Å². The molecule has 96 valence electrons. The summed E-state index contributed by atoms with van der Waals surface area (Å²) in [5.41, 5.74) is 1.73. The Hall–Kier alpha value is -1.53. The summed E-state index contributed by atoms with van der Waals surface area (Å²) in [6, 6.07) is 8.45. The molecule has 1 N–H and O–H groups in total. The second-order valence-corrected chi connectivity index (χ2v) is 5.19. The second-order valence-electron chi connectivity index (χ2n) is 5.19. The van der Waals surface area contributed by atoms with E-state index < -0.39 is 0 Å². The Kier molecular flexibility index (Phi) is 4.22. The fourth-order valence-corrected chi connectivity index (χ4v) is 1.77. The Morgan fingerprint density at radius 3 is 2.94 bits per heavy atom. The molecule has 1 aromatic rings. The number of benzene rings is 1. The molecule has 0 heterocycles. The average molecular weight is 244 g/mol. The third kappa shape index (κ3) is 3.75. The Morgan fingerprint density at radius 2 is 2.28 bits per heavy atom. The topological polar surface area (TPSA) is 45.0 Å². The fraction of sp³-hybridized carbons (Fsp3) is 0.533. The van der Waals surface area contributed by atoms with E-state index in [9.17, 15) is 0 Å².